The second kappa shape index (κ2) is 17.2. The van der Waals surface area contributed by atoms with Crippen molar-refractivity contribution in [2.45, 2.75) is 73.6 Å². The minimum absolute atomic E-state index is 0.817. The maximum absolute atomic E-state index is 5.10. The maximum Gasteiger partial charge on any atom is 0.0465 e. The minimum atomic E-state index is 0.817. The molecular formula is C20H38O. The lowest BCUT2D eigenvalue weighted by Crippen LogP contribution is -2.03. The molecule has 1 aromatic rings. The van der Waals surface area contributed by atoms with E-state index in [1.807, 2.05) is 13.8 Å². The van der Waals surface area contributed by atoms with E-state index >= 15 is 0 Å². The van der Waals surface area contributed by atoms with Crippen LogP contribution < -0.4 is 0 Å². The number of rotatable bonds is 3. The van der Waals surface area contributed by atoms with Crippen molar-refractivity contribution in [2.75, 3.05) is 13.7 Å². The van der Waals surface area contributed by atoms with Gasteiger partial charge in [-0.05, 0) is 36.3 Å². The van der Waals surface area contributed by atoms with Gasteiger partial charge < -0.3 is 4.74 Å². The van der Waals surface area contributed by atoms with E-state index in [-0.39, 0.29) is 0 Å². The van der Waals surface area contributed by atoms with Crippen molar-refractivity contribution in [3.63, 3.8) is 0 Å². The molecule has 0 saturated heterocycles. The van der Waals surface area contributed by atoms with Crippen molar-refractivity contribution in [1.29, 1.82) is 0 Å². The first kappa shape index (κ1) is 22.5. The Morgan fingerprint density at radius 1 is 0.905 bits per heavy atom. The molecule has 124 valence electrons. The Bertz CT molecular complexity index is 279. The lowest BCUT2D eigenvalue weighted by atomic mass is 10.0. The van der Waals surface area contributed by atoms with Crippen LogP contribution in [0.4, 0.5) is 0 Å². The summed E-state index contributed by atoms with van der Waals surface area (Å²) in [6.45, 7) is 13.4. The molecule has 0 heterocycles. The molecule has 0 fully saturated rings. The van der Waals surface area contributed by atoms with E-state index in [1.54, 1.807) is 18.2 Å². The summed E-state index contributed by atoms with van der Waals surface area (Å²) in [5.41, 5.74) is 3.09. The highest BCUT2D eigenvalue weighted by atomic mass is 16.5. The number of benzene rings is 1. The van der Waals surface area contributed by atoms with E-state index in [4.69, 9.17) is 4.74 Å². The second-order valence-electron chi connectivity index (χ2n) is 5.24. The van der Waals surface area contributed by atoms with Crippen molar-refractivity contribution in [3.05, 3.63) is 35.4 Å². The molecule has 2 rings (SSSR count). The predicted octanol–water partition coefficient (Wildman–Crippen LogP) is 6.30. The van der Waals surface area contributed by atoms with Gasteiger partial charge >= 0.3 is 0 Å². The summed E-state index contributed by atoms with van der Waals surface area (Å²) >= 11 is 0. The number of fused-ring (bicyclic) bond motifs is 1. The quantitative estimate of drug-likeness (QED) is 0.636. The van der Waals surface area contributed by atoms with Crippen LogP contribution in [0, 0.1) is 5.92 Å². The third-order valence-corrected chi connectivity index (χ3v) is 2.87. The number of hydrogen-bond acceptors (Lipinski definition) is 1. The third-order valence-electron chi connectivity index (χ3n) is 2.87. The smallest absolute Gasteiger partial charge is 0.0465 e. The Morgan fingerprint density at radius 3 is 1.62 bits per heavy atom. The molecule has 0 aromatic heterocycles. The molecule has 1 aromatic carbocycles. The van der Waals surface area contributed by atoms with Crippen LogP contribution in [0.15, 0.2) is 24.3 Å². The summed E-state index contributed by atoms with van der Waals surface area (Å²) in [4.78, 5) is 0. The molecule has 1 nitrogen and oxygen atoms in total. The average Bonchev–Trinajstić information content (AvgIpc) is 2.91. The van der Waals surface area contributed by atoms with E-state index in [9.17, 15) is 0 Å². The molecule has 0 bridgehead atoms. The second-order valence-corrected chi connectivity index (χ2v) is 5.24. The summed E-state index contributed by atoms with van der Waals surface area (Å²) in [6.07, 6.45) is 6.20. The van der Waals surface area contributed by atoms with Crippen LogP contribution >= 0.6 is 0 Å². The van der Waals surface area contributed by atoms with Crippen LogP contribution in [0.1, 0.15) is 71.9 Å². The summed E-state index contributed by atoms with van der Waals surface area (Å²) < 4.78 is 5.10. The fraction of sp³-hybridized carbons (Fsp3) is 0.700. The normalized spacial score (nSPS) is 12.0. The Kier molecular flexibility index (Phi) is 18.4. The standard InChI is InChI=1S/C12H16O.2C3H8.C2H6/c1-13-7-6-10-8-11-4-2-3-5-12(11)9-10;2*1-3-2;1-2/h2-5,10H,6-9H2,1H3;2*3H2,1-2H3;1-2H3. The van der Waals surface area contributed by atoms with Gasteiger partial charge in [-0.15, -0.1) is 0 Å². The first-order valence-electron chi connectivity index (χ1n) is 8.78. The van der Waals surface area contributed by atoms with Gasteiger partial charge in [-0.25, -0.2) is 0 Å². The first-order valence-corrected chi connectivity index (χ1v) is 8.78. The van der Waals surface area contributed by atoms with Crippen molar-refractivity contribution in [3.8, 4) is 0 Å². The van der Waals surface area contributed by atoms with Gasteiger partial charge in [-0.1, -0.05) is 78.6 Å². The van der Waals surface area contributed by atoms with Gasteiger partial charge in [0.25, 0.3) is 0 Å². The SMILES string of the molecule is CC.CCC.CCC.COCCC1Cc2ccccc2C1. The molecule has 0 N–H and O–H groups in total. The molecule has 1 aliphatic rings. The molecule has 0 amide bonds. The van der Waals surface area contributed by atoms with Crippen molar-refractivity contribution < 1.29 is 4.74 Å². The van der Waals surface area contributed by atoms with Crippen LogP contribution in [-0.2, 0) is 17.6 Å². The first-order chi connectivity index (χ1) is 10.2. The van der Waals surface area contributed by atoms with Gasteiger partial charge in [0.2, 0.25) is 0 Å². The topological polar surface area (TPSA) is 9.23 Å². The highest BCUT2D eigenvalue weighted by Crippen LogP contribution is 2.28. The minimum Gasteiger partial charge on any atom is -0.385 e. The summed E-state index contributed by atoms with van der Waals surface area (Å²) in [5, 5.41) is 0. The van der Waals surface area contributed by atoms with Gasteiger partial charge in [0.1, 0.15) is 0 Å². The van der Waals surface area contributed by atoms with E-state index in [1.165, 1.54) is 32.1 Å². The summed E-state index contributed by atoms with van der Waals surface area (Å²) in [7, 11) is 1.78. The monoisotopic (exact) mass is 294 g/mol. The Morgan fingerprint density at radius 2 is 1.29 bits per heavy atom. The lowest BCUT2D eigenvalue weighted by molar-refractivity contribution is 0.179. The van der Waals surface area contributed by atoms with Crippen LogP contribution in [0.2, 0.25) is 0 Å². The van der Waals surface area contributed by atoms with Crippen LogP contribution in [0.5, 0.6) is 0 Å². The van der Waals surface area contributed by atoms with Gasteiger partial charge in [-0.3, -0.25) is 0 Å². The highest BCUT2D eigenvalue weighted by Gasteiger charge is 2.19. The summed E-state index contributed by atoms with van der Waals surface area (Å²) in [6, 6.07) is 8.78. The third kappa shape index (κ3) is 11.5. The van der Waals surface area contributed by atoms with E-state index < -0.39 is 0 Å². The molecule has 0 unspecified atom stereocenters. The molecule has 0 aliphatic heterocycles. The maximum atomic E-state index is 5.10. The largest absolute Gasteiger partial charge is 0.385 e. The van der Waals surface area contributed by atoms with Crippen molar-refractivity contribution >= 4 is 0 Å². The molecule has 21 heavy (non-hydrogen) atoms. The van der Waals surface area contributed by atoms with Crippen LogP contribution in [0.25, 0.3) is 0 Å². The van der Waals surface area contributed by atoms with Crippen molar-refractivity contribution in [1.82, 2.24) is 0 Å². The zero-order chi connectivity index (χ0) is 16.5. The predicted molar refractivity (Wildman–Crippen MR) is 97.1 cm³/mol. The van der Waals surface area contributed by atoms with Gasteiger partial charge in [0.05, 0.1) is 0 Å². The van der Waals surface area contributed by atoms with Gasteiger partial charge in [0, 0.05) is 13.7 Å². The molecular weight excluding hydrogens is 256 g/mol. The van der Waals surface area contributed by atoms with Gasteiger partial charge in [-0.2, -0.15) is 0 Å². The Labute approximate surface area is 134 Å². The van der Waals surface area contributed by atoms with Crippen LogP contribution in [-0.4, -0.2) is 13.7 Å². The average molecular weight is 295 g/mol. The number of ether oxygens (including phenoxy) is 1. The number of hydrogen-bond donors (Lipinski definition) is 0. The molecule has 1 heteroatoms. The highest BCUT2D eigenvalue weighted by molar-refractivity contribution is 5.31. The van der Waals surface area contributed by atoms with Crippen LogP contribution in [0.3, 0.4) is 0 Å². The molecule has 0 radical (unpaired) electrons. The Hall–Kier alpha value is -0.820. The van der Waals surface area contributed by atoms with Gasteiger partial charge in [0.15, 0.2) is 0 Å². The lowest BCUT2D eigenvalue weighted by Gasteiger charge is -2.06. The summed E-state index contributed by atoms with van der Waals surface area (Å²) in [5.74, 6) is 0.817. The molecule has 0 atom stereocenters. The fourth-order valence-electron chi connectivity index (χ4n) is 2.14. The fourth-order valence-corrected chi connectivity index (χ4v) is 2.14. The molecule has 0 spiro atoms. The Balaban J connectivity index is 0. The zero-order valence-electron chi connectivity index (χ0n) is 15.5. The number of methoxy groups -OCH3 is 1. The van der Waals surface area contributed by atoms with E-state index in [0.29, 0.717) is 0 Å². The van der Waals surface area contributed by atoms with E-state index in [0.717, 1.165) is 12.5 Å². The molecule has 1 aliphatic carbocycles. The molecule has 0 saturated carbocycles. The van der Waals surface area contributed by atoms with Crippen molar-refractivity contribution in [2.24, 2.45) is 5.92 Å². The van der Waals surface area contributed by atoms with E-state index in [2.05, 4.69) is 52.0 Å². The zero-order valence-corrected chi connectivity index (χ0v) is 15.5.